The van der Waals surface area contributed by atoms with Crippen molar-refractivity contribution in [2.24, 2.45) is 5.92 Å². The Balaban J connectivity index is 1.91. The number of nitrogens with one attached hydrogen (secondary N) is 1. The molecule has 0 saturated heterocycles. The minimum atomic E-state index is 0.763. The Hall–Kier alpha value is -0.980. The molecule has 0 spiro atoms. The fourth-order valence-electron chi connectivity index (χ4n) is 2.96. The van der Waals surface area contributed by atoms with Gasteiger partial charge >= 0.3 is 0 Å². The molecule has 3 rings (SSSR count). The van der Waals surface area contributed by atoms with Crippen LogP contribution < -0.4 is 5.32 Å². The molecule has 1 aromatic carbocycles. The van der Waals surface area contributed by atoms with Crippen LogP contribution in [-0.4, -0.2) is 6.04 Å². The minimum Gasteiger partial charge on any atom is -0.382 e. The number of hydrogen-bond donors (Lipinski definition) is 1. The third-order valence-corrected chi connectivity index (χ3v) is 3.75. The smallest absolute Gasteiger partial charge is 0.0375 e. The van der Waals surface area contributed by atoms with Crippen molar-refractivity contribution >= 4 is 5.69 Å². The van der Waals surface area contributed by atoms with Crippen LogP contribution >= 0.6 is 0 Å². The second kappa shape index (κ2) is 3.30. The zero-order chi connectivity index (χ0) is 9.38. The van der Waals surface area contributed by atoms with Crippen LogP contribution in [0.1, 0.15) is 31.2 Å². The highest BCUT2D eigenvalue weighted by atomic mass is 14.9. The van der Waals surface area contributed by atoms with Crippen LogP contribution in [0, 0.1) is 5.92 Å². The van der Waals surface area contributed by atoms with Gasteiger partial charge in [0.05, 0.1) is 0 Å². The summed E-state index contributed by atoms with van der Waals surface area (Å²) < 4.78 is 0. The molecule has 74 valence electrons. The first kappa shape index (κ1) is 8.34. The molecule has 14 heavy (non-hydrogen) atoms. The summed E-state index contributed by atoms with van der Waals surface area (Å²) in [6, 6.07) is 9.55. The van der Waals surface area contributed by atoms with Crippen LogP contribution in [0.5, 0.6) is 0 Å². The lowest BCUT2D eigenvalue weighted by Gasteiger charge is -2.38. The Morgan fingerprint density at radius 1 is 1.07 bits per heavy atom. The summed E-state index contributed by atoms with van der Waals surface area (Å²) >= 11 is 0. The Morgan fingerprint density at radius 2 is 1.93 bits per heavy atom. The highest BCUT2D eigenvalue weighted by molar-refractivity contribution is 5.54. The predicted molar refractivity (Wildman–Crippen MR) is 59.5 cm³/mol. The van der Waals surface area contributed by atoms with Crippen molar-refractivity contribution in [2.75, 3.05) is 5.32 Å². The number of fused-ring (bicyclic) bond motifs is 2. The molecule has 1 aliphatic carbocycles. The van der Waals surface area contributed by atoms with Crippen molar-refractivity contribution in [1.82, 2.24) is 0 Å². The number of anilines is 1. The van der Waals surface area contributed by atoms with Crippen LogP contribution in [-0.2, 0) is 6.42 Å². The Labute approximate surface area is 85.5 Å². The number of rotatable bonds is 0. The first-order valence-corrected chi connectivity index (χ1v) is 5.78. The summed E-state index contributed by atoms with van der Waals surface area (Å²) in [4.78, 5) is 0. The molecule has 0 aromatic heterocycles. The van der Waals surface area contributed by atoms with Gasteiger partial charge in [-0.2, -0.15) is 0 Å². The van der Waals surface area contributed by atoms with Gasteiger partial charge in [0.15, 0.2) is 0 Å². The van der Waals surface area contributed by atoms with E-state index in [1.165, 1.54) is 43.4 Å². The molecule has 1 N–H and O–H groups in total. The molecular weight excluding hydrogens is 170 g/mol. The van der Waals surface area contributed by atoms with Gasteiger partial charge in [-0.05, 0) is 36.8 Å². The molecule has 1 heterocycles. The monoisotopic (exact) mass is 187 g/mol. The molecular formula is C13H17N. The van der Waals surface area contributed by atoms with E-state index < -0.39 is 0 Å². The lowest BCUT2D eigenvalue weighted by atomic mass is 9.78. The Kier molecular flexibility index (Phi) is 1.97. The van der Waals surface area contributed by atoms with Crippen LogP contribution in [0.4, 0.5) is 5.69 Å². The molecule has 0 unspecified atom stereocenters. The summed E-state index contributed by atoms with van der Waals surface area (Å²) in [7, 11) is 0. The second-order valence-electron chi connectivity index (χ2n) is 4.66. The summed E-state index contributed by atoms with van der Waals surface area (Å²) in [5.74, 6) is 0.902. The van der Waals surface area contributed by atoms with Crippen molar-refractivity contribution in [2.45, 2.75) is 38.1 Å². The van der Waals surface area contributed by atoms with E-state index in [0.29, 0.717) is 0 Å². The predicted octanol–water partition coefficient (Wildman–Crippen LogP) is 3.21. The average Bonchev–Trinajstić information content (AvgIpc) is 2.26. The summed E-state index contributed by atoms with van der Waals surface area (Å²) in [6.45, 7) is 0. The minimum absolute atomic E-state index is 0.763. The quantitative estimate of drug-likeness (QED) is 0.657. The van der Waals surface area contributed by atoms with Gasteiger partial charge in [-0.1, -0.05) is 31.0 Å². The Morgan fingerprint density at radius 3 is 2.93 bits per heavy atom. The van der Waals surface area contributed by atoms with E-state index in [0.717, 1.165) is 12.0 Å². The lowest BCUT2D eigenvalue weighted by molar-refractivity contribution is 0.315. The van der Waals surface area contributed by atoms with Crippen LogP contribution in [0.3, 0.4) is 0 Å². The molecule has 1 aliphatic heterocycles. The van der Waals surface area contributed by atoms with Gasteiger partial charge in [-0.15, -0.1) is 0 Å². The van der Waals surface area contributed by atoms with Gasteiger partial charge in [-0.3, -0.25) is 0 Å². The number of benzene rings is 1. The molecule has 1 fully saturated rings. The van der Waals surface area contributed by atoms with Crippen molar-refractivity contribution < 1.29 is 0 Å². The summed E-state index contributed by atoms with van der Waals surface area (Å²) in [5, 5.41) is 3.70. The van der Waals surface area contributed by atoms with E-state index in [9.17, 15) is 0 Å². The van der Waals surface area contributed by atoms with Crippen molar-refractivity contribution in [3.63, 3.8) is 0 Å². The van der Waals surface area contributed by atoms with Crippen molar-refractivity contribution in [3.05, 3.63) is 29.8 Å². The van der Waals surface area contributed by atoms with Crippen molar-refractivity contribution in [1.29, 1.82) is 0 Å². The highest BCUT2D eigenvalue weighted by Crippen LogP contribution is 2.35. The molecule has 2 aliphatic rings. The molecule has 1 saturated carbocycles. The van der Waals surface area contributed by atoms with Crippen LogP contribution in [0.15, 0.2) is 24.3 Å². The van der Waals surface area contributed by atoms with E-state index in [1.807, 2.05) is 0 Å². The van der Waals surface area contributed by atoms with Crippen LogP contribution in [0.2, 0.25) is 0 Å². The Bertz CT molecular complexity index is 299. The van der Waals surface area contributed by atoms with E-state index in [4.69, 9.17) is 0 Å². The topological polar surface area (TPSA) is 12.0 Å². The number of para-hydroxylation sites is 1. The maximum Gasteiger partial charge on any atom is 0.0375 e. The molecule has 0 bridgehead atoms. The van der Waals surface area contributed by atoms with Gasteiger partial charge in [0.1, 0.15) is 0 Å². The van der Waals surface area contributed by atoms with Crippen molar-refractivity contribution in [3.8, 4) is 0 Å². The van der Waals surface area contributed by atoms with E-state index >= 15 is 0 Å². The lowest BCUT2D eigenvalue weighted by Crippen LogP contribution is -2.37. The van der Waals surface area contributed by atoms with E-state index in [1.54, 1.807) is 0 Å². The first-order chi connectivity index (χ1) is 6.93. The van der Waals surface area contributed by atoms with Gasteiger partial charge in [-0.25, -0.2) is 0 Å². The number of hydrogen-bond acceptors (Lipinski definition) is 1. The molecule has 0 amide bonds. The molecule has 1 aromatic rings. The zero-order valence-electron chi connectivity index (χ0n) is 8.50. The zero-order valence-corrected chi connectivity index (χ0v) is 8.50. The molecule has 2 atom stereocenters. The van der Waals surface area contributed by atoms with Crippen LogP contribution in [0.25, 0.3) is 0 Å². The fraction of sp³-hybridized carbons (Fsp3) is 0.538. The fourth-order valence-corrected chi connectivity index (χ4v) is 2.96. The summed E-state index contributed by atoms with van der Waals surface area (Å²) in [6.07, 6.45) is 6.94. The van der Waals surface area contributed by atoms with E-state index in [2.05, 4.69) is 29.6 Å². The maximum absolute atomic E-state index is 3.70. The van der Waals surface area contributed by atoms with E-state index in [-0.39, 0.29) is 0 Å². The molecule has 1 heteroatoms. The SMILES string of the molecule is c1ccc2c(c1)C[C@@H]1CCCC[C@H]1N2. The highest BCUT2D eigenvalue weighted by Gasteiger charge is 2.29. The molecule has 1 nitrogen and oxygen atoms in total. The largest absolute Gasteiger partial charge is 0.382 e. The summed E-state index contributed by atoms with van der Waals surface area (Å²) in [5.41, 5.74) is 2.91. The molecule has 0 radical (unpaired) electrons. The van der Waals surface area contributed by atoms with Gasteiger partial charge in [0.2, 0.25) is 0 Å². The van der Waals surface area contributed by atoms with Gasteiger partial charge < -0.3 is 5.32 Å². The first-order valence-electron chi connectivity index (χ1n) is 5.78. The standard InChI is InChI=1S/C13H17N/c1-3-7-12-10(5-1)9-11-6-2-4-8-13(11)14-12/h1,3,5,7,11,13-14H,2,4,6,8-9H2/t11-,13+/m0/s1. The maximum atomic E-state index is 3.70. The average molecular weight is 187 g/mol. The third-order valence-electron chi connectivity index (χ3n) is 3.75. The normalized spacial score (nSPS) is 30.0. The van der Waals surface area contributed by atoms with Gasteiger partial charge in [0.25, 0.3) is 0 Å². The third kappa shape index (κ3) is 1.31. The van der Waals surface area contributed by atoms with Gasteiger partial charge in [0, 0.05) is 11.7 Å². The second-order valence-corrected chi connectivity index (χ2v) is 4.66.